The van der Waals surface area contributed by atoms with Gasteiger partial charge in [0.2, 0.25) is 47.3 Å². The van der Waals surface area contributed by atoms with Crippen molar-refractivity contribution < 1.29 is 48.6 Å². The first-order valence-electron chi connectivity index (χ1n) is 25.8. The molecule has 0 saturated carbocycles. The Morgan fingerprint density at radius 1 is 0.667 bits per heavy atom. The highest BCUT2D eigenvalue weighted by Gasteiger charge is 2.36. The molecule has 20 nitrogen and oxygen atoms in total. The summed E-state index contributed by atoms with van der Waals surface area (Å²) in [5.41, 5.74) is 19.8. The molecule has 0 aromatic heterocycles. The van der Waals surface area contributed by atoms with Gasteiger partial charge in [0.05, 0.1) is 12.1 Å². The van der Waals surface area contributed by atoms with Gasteiger partial charge in [-0.1, -0.05) is 132 Å². The van der Waals surface area contributed by atoms with E-state index in [0.29, 0.717) is 24.0 Å². The third-order valence-electron chi connectivity index (χ3n) is 13.3. The monoisotopic (exact) mass is 1110 g/mol. The summed E-state index contributed by atoms with van der Waals surface area (Å²) in [4.78, 5) is 114. The normalized spacial score (nSPS) is 21.4. The van der Waals surface area contributed by atoms with Gasteiger partial charge in [-0.2, -0.15) is 0 Å². The molecule has 22 heteroatoms. The number of nitrogens with two attached hydrogens (primary N) is 3. The minimum absolute atomic E-state index is 0.0488. The van der Waals surface area contributed by atoms with Gasteiger partial charge in [0, 0.05) is 24.3 Å². The lowest BCUT2D eigenvalue weighted by atomic mass is 9.97. The van der Waals surface area contributed by atoms with E-state index < -0.39 is 108 Å². The summed E-state index contributed by atoms with van der Waals surface area (Å²) in [7, 11) is 2.03. The highest BCUT2D eigenvalue weighted by atomic mass is 33.1. The van der Waals surface area contributed by atoms with Crippen LogP contribution in [-0.4, -0.2) is 130 Å². The summed E-state index contributed by atoms with van der Waals surface area (Å²) < 4.78 is 0. The Morgan fingerprint density at radius 2 is 1.27 bits per heavy atom. The number of hydrogen-bond donors (Lipinski definition) is 12. The van der Waals surface area contributed by atoms with E-state index in [1.54, 1.807) is 26.0 Å². The van der Waals surface area contributed by atoms with Crippen molar-refractivity contribution in [2.24, 2.45) is 23.1 Å². The SMILES string of the molecule is CC(C)[C@@H]1NC(=O)[C@H](CCCCN)NC(=O)[C@@H](Cc2cccc3ccccc23)NC(=O)[C@H](Cc2ccc(O)cc2)NC(=O)[C@@H](NC(=O)[C@H](N)Cc2ccc3ccccc3c2)CSSC[C@@H](C(=O)N[C@H](C(N)=O)C(C)O)NC1=O. The van der Waals surface area contributed by atoms with E-state index >= 15 is 0 Å². The number of rotatable bonds is 17. The lowest BCUT2D eigenvalue weighted by Gasteiger charge is -2.29. The maximum Gasteiger partial charge on any atom is 0.244 e. The molecule has 9 atom stereocenters. The quantitative estimate of drug-likeness (QED) is 0.0464. The molecule has 416 valence electrons. The van der Waals surface area contributed by atoms with Crippen LogP contribution in [0.4, 0.5) is 0 Å². The van der Waals surface area contributed by atoms with Crippen LogP contribution in [-0.2, 0) is 57.6 Å². The molecule has 1 saturated heterocycles. The standard InChI is InChI=1S/C56H70N10O10S2/c1-31(2)47-56(76)64-46(55(75)66-48(32(3)67)49(59)69)30-78-77-29-45(63-50(70)41(58)26-34-18-21-35-11-4-5-13-37(35)25-34)54(74)61-43(27-33-19-22-39(68)23-20-33)52(72)62-44(28-38-15-10-14-36-12-6-7-16-40(36)38)53(73)60-42(51(71)65-47)17-8-9-24-57/h4-7,10-16,18-23,25,31-32,41-48,67-68H,8-9,17,24,26-30,57-58H2,1-3H3,(H2,59,69)(H,60,73)(H,61,74)(H,62,72)(H,63,70)(H,64,76)(H,65,71)(H,66,75)/t32?,41-,42+,43+,44-,45+,46+,47+,48+/m1/s1. The van der Waals surface area contributed by atoms with Crippen LogP contribution >= 0.6 is 21.6 Å². The number of carbonyl (C=O) groups excluding carboxylic acids is 8. The van der Waals surface area contributed by atoms with Gasteiger partial charge < -0.3 is 64.6 Å². The van der Waals surface area contributed by atoms with Gasteiger partial charge in [0.15, 0.2) is 0 Å². The number of phenols is 1. The lowest BCUT2D eigenvalue weighted by Crippen LogP contribution is -2.62. The average Bonchev–Trinajstić information content (AvgIpc) is 3.41. The number of aliphatic hydroxyl groups is 1. The molecule has 1 aliphatic rings. The van der Waals surface area contributed by atoms with Crippen LogP contribution in [0.25, 0.3) is 21.5 Å². The van der Waals surface area contributed by atoms with Gasteiger partial charge >= 0.3 is 0 Å². The zero-order valence-electron chi connectivity index (χ0n) is 43.7. The Kier molecular flexibility index (Phi) is 22.3. The predicted molar refractivity (Wildman–Crippen MR) is 302 cm³/mol. The predicted octanol–water partition coefficient (Wildman–Crippen LogP) is 1.49. The number of aromatic hydroxyl groups is 1. The van der Waals surface area contributed by atoms with Crippen LogP contribution in [0, 0.1) is 5.92 Å². The molecule has 6 rings (SSSR count). The fourth-order valence-corrected chi connectivity index (χ4v) is 11.2. The Labute approximate surface area is 460 Å². The first-order valence-corrected chi connectivity index (χ1v) is 28.3. The molecule has 1 aliphatic heterocycles. The molecular formula is C56H70N10O10S2. The molecule has 5 aromatic rings. The van der Waals surface area contributed by atoms with E-state index in [1.807, 2.05) is 84.9 Å². The molecule has 8 amide bonds. The van der Waals surface area contributed by atoms with Gasteiger partial charge in [-0.25, -0.2) is 0 Å². The average molecular weight is 1110 g/mol. The zero-order valence-corrected chi connectivity index (χ0v) is 45.4. The Hall–Kier alpha value is -7.24. The molecule has 0 bridgehead atoms. The summed E-state index contributed by atoms with van der Waals surface area (Å²) in [6.07, 6.45) is -0.633. The van der Waals surface area contributed by atoms with E-state index in [4.69, 9.17) is 17.2 Å². The van der Waals surface area contributed by atoms with Crippen molar-refractivity contribution in [2.75, 3.05) is 18.1 Å². The van der Waals surface area contributed by atoms with Gasteiger partial charge in [-0.15, -0.1) is 0 Å². The van der Waals surface area contributed by atoms with E-state index in [-0.39, 0.29) is 49.5 Å². The minimum atomic E-state index is -1.55. The van der Waals surface area contributed by atoms with E-state index in [0.717, 1.165) is 48.7 Å². The summed E-state index contributed by atoms with van der Waals surface area (Å²) in [5, 5.41) is 43.1. The number of primary amides is 1. The van der Waals surface area contributed by atoms with Crippen molar-refractivity contribution in [3.63, 3.8) is 0 Å². The first-order chi connectivity index (χ1) is 37.3. The van der Waals surface area contributed by atoms with E-state index in [2.05, 4.69) is 37.2 Å². The highest BCUT2D eigenvalue weighted by molar-refractivity contribution is 8.76. The molecule has 0 spiro atoms. The molecule has 0 radical (unpaired) electrons. The lowest BCUT2D eigenvalue weighted by molar-refractivity contribution is -0.136. The fraction of sp³-hybridized carbons (Fsp3) is 0.393. The molecular weight excluding hydrogens is 1040 g/mol. The fourth-order valence-electron chi connectivity index (χ4n) is 8.88. The third kappa shape index (κ3) is 17.1. The van der Waals surface area contributed by atoms with Crippen molar-refractivity contribution in [3.8, 4) is 5.75 Å². The summed E-state index contributed by atoms with van der Waals surface area (Å²) in [6.45, 7) is 4.86. The Morgan fingerprint density at radius 3 is 1.95 bits per heavy atom. The number of benzene rings is 5. The number of aliphatic hydroxyl groups excluding tert-OH is 1. The molecule has 1 fully saturated rings. The second-order valence-corrected chi connectivity index (χ2v) is 22.3. The zero-order chi connectivity index (χ0) is 56.5. The van der Waals surface area contributed by atoms with Gasteiger partial charge in [0.1, 0.15) is 48.0 Å². The van der Waals surface area contributed by atoms with Crippen LogP contribution in [0.3, 0.4) is 0 Å². The van der Waals surface area contributed by atoms with E-state index in [1.165, 1.54) is 19.1 Å². The van der Waals surface area contributed by atoms with Crippen LogP contribution < -0.4 is 54.4 Å². The van der Waals surface area contributed by atoms with Crippen LogP contribution in [0.1, 0.15) is 56.7 Å². The molecule has 15 N–H and O–H groups in total. The smallest absolute Gasteiger partial charge is 0.244 e. The van der Waals surface area contributed by atoms with Crippen molar-refractivity contribution in [1.29, 1.82) is 0 Å². The topological polar surface area (TPSA) is 339 Å². The highest BCUT2D eigenvalue weighted by Crippen LogP contribution is 2.25. The maximum absolute atomic E-state index is 14.9. The van der Waals surface area contributed by atoms with Crippen molar-refractivity contribution in [3.05, 3.63) is 126 Å². The van der Waals surface area contributed by atoms with E-state index in [9.17, 15) is 48.6 Å². The maximum atomic E-state index is 14.9. The minimum Gasteiger partial charge on any atom is -0.508 e. The Balaban J connectivity index is 1.41. The molecule has 5 aromatic carbocycles. The number of hydrogen-bond acceptors (Lipinski definition) is 14. The van der Waals surface area contributed by atoms with Crippen LogP contribution in [0.5, 0.6) is 5.75 Å². The molecule has 78 heavy (non-hydrogen) atoms. The molecule has 1 heterocycles. The summed E-state index contributed by atoms with van der Waals surface area (Å²) >= 11 is 0. The second kappa shape index (κ2) is 28.9. The van der Waals surface area contributed by atoms with Gasteiger partial charge in [-0.3, -0.25) is 38.4 Å². The van der Waals surface area contributed by atoms with Gasteiger partial charge in [0.25, 0.3) is 0 Å². The number of carbonyl (C=O) groups is 8. The number of phenolic OH excluding ortho intramolecular Hbond substituents is 1. The first kappa shape index (κ1) is 60.0. The number of amides is 8. The van der Waals surface area contributed by atoms with Gasteiger partial charge in [-0.05, 0) is 95.4 Å². The number of nitrogens with one attached hydrogen (secondary N) is 7. The molecule has 0 aliphatic carbocycles. The second-order valence-electron chi connectivity index (χ2n) is 19.7. The number of unbranched alkanes of at least 4 members (excludes halogenated alkanes) is 1. The van der Waals surface area contributed by atoms with Crippen molar-refractivity contribution in [2.45, 2.75) is 114 Å². The largest absolute Gasteiger partial charge is 0.508 e. The Bertz CT molecular complexity index is 2920. The third-order valence-corrected chi connectivity index (χ3v) is 15.7. The number of fused-ring (bicyclic) bond motifs is 2. The van der Waals surface area contributed by atoms with Crippen LogP contribution in [0.15, 0.2) is 109 Å². The van der Waals surface area contributed by atoms with Crippen molar-refractivity contribution in [1.82, 2.24) is 37.2 Å². The molecule has 1 unspecified atom stereocenters. The van der Waals surface area contributed by atoms with Crippen LogP contribution in [0.2, 0.25) is 0 Å². The summed E-state index contributed by atoms with van der Waals surface area (Å²) in [6, 6.07) is 21.5. The van der Waals surface area contributed by atoms with Crippen molar-refractivity contribution >= 4 is 90.4 Å². The summed E-state index contributed by atoms with van der Waals surface area (Å²) in [5.74, 6) is -7.64.